The van der Waals surface area contributed by atoms with Gasteiger partial charge in [0.25, 0.3) is 0 Å². The number of hydrogen-bond donors (Lipinski definition) is 1. The average Bonchev–Trinajstić information content (AvgIpc) is 3.00. The molecule has 0 spiro atoms. The molecule has 22 heavy (non-hydrogen) atoms. The second-order valence-electron chi connectivity index (χ2n) is 4.94. The summed E-state index contributed by atoms with van der Waals surface area (Å²) >= 11 is 6.26. The van der Waals surface area contributed by atoms with E-state index in [0.717, 1.165) is 16.8 Å². The molecule has 1 aliphatic heterocycles. The quantitative estimate of drug-likeness (QED) is 0.854. The molecule has 114 valence electrons. The summed E-state index contributed by atoms with van der Waals surface area (Å²) in [4.78, 5) is 16.8. The molecule has 0 atom stereocenters. The van der Waals surface area contributed by atoms with E-state index in [4.69, 9.17) is 16.4 Å². The minimum absolute atomic E-state index is 0.0607. The zero-order valence-corrected chi connectivity index (χ0v) is 12.8. The highest BCUT2D eigenvalue weighted by molar-refractivity contribution is 6.34. The molecule has 0 bridgehead atoms. The highest BCUT2D eigenvalue weighted by Gasteiger charge is 2.21. The molecule has 2 aromatic rings. The number of nitrogens with zero attached hydrogens (tertiary/aromatic N) is 4. The van der Waals surface area contributed by atoms with Gasteiger partial charge < -0.3 is 10.0 Å². The molecule has 0 unspecified atom stereocenters. The molecule has 2 heterocycles. The van der Waals surface area contributed by atoms with Crippen molar-refractivity contribution in [3.63, 3.8) is 0 Å². The van der Waals surface area contributed by atoms with E-state index >= 15 is 0 Å². The highest BCUT2D eigenvalue weighted by Crippen LogP contribution is 2.30. The van der Waals surface area contributed by atoms with E-state index in [1.54, 1.807) is 12.1 Å². The van der Waals surface area contributed by atoms with E-state index in [1.165, 1.54) is 6.92 Å². The van der Waals surface area contributed by atoms with Crippen LogP contribution in [0.5, 0.6) is 0 Å². The van der Waals surface area contributed by atoms with Gasteiger partial charge in [-0.3, -0.25) is 4.79 Å². The molecule has 1 N–H and O–H groups in total. The third-order valence-corrected chi connectivity index (χ3v) is 3.86. The van der Waals surface area contributed by atoms with Crippen LogP contribution in [-0.4, -0.2) is 32.5 Å². The van der Waals surface area contributed by atoms with Gasteiger partial charge in [-0.25, -0.2) is 0 Å². The van der Waals surface area contributed by atoms with Gasteiger partial charge in [0.15, 0.2) is 0 Å². The average molecular weight is 321 g/mol. The Morgan fingerprint density at radius 3 is 2.77 bits per heavy atom. The van der Waals surface area contributed by atoms with E-state index in [0.29, 0.717) is 28.3 Å². The van der Waals surface area contributed by atoms with E-state index in [-0.39, 0.29) is 11.5 Å². The molecule has 1 aromatic heterocycles. The second-order valence-corrected chi connectivity index (χ2v) is 5.35. The summed E-state index contributed by atoms with van der Waals surface area (Å²) < 4.78 is 0.495. The van der Waals surface area contributed by atoms with E-state index < -0.39 is 5.56 Å². The van der Waals surface area contributed by atoms with Gasteiger partial charge in [-0.05, 0) is 31.5 Å². The van der Waals surface area contributed by atoms with Crippen molar-refractivity contribution >= 4 is 17.3 Å². The fourth-order valence-corrected chi connectivity index (χ4v) is 2.70. The molecule has 0 fully saturated rings. The van der Waals surface area contributed by atoms with Crippen molar-refractivity contribution in [3.8, 4) is 11.4 Å². The maximum absolute atomic E-state index is 11.8. The Morgan fingerprint density at radius 2 is 2.09 bits per heavy atom. The zero-order valence-electron chi connectivity index (χ0n) is 12.0. The molecule has 8 heteroatoms. The van der Waals surface area contributed by atoms with Crippen molar-refractivity contribution in [1.29, 1.82) is 0 Å². The lowest BCUT2D eigenvalue weighted by Gasteiger charge is -2.13. The van der Waals surface area contributed by atoms with Crippen LogP contribution in [0.25, 0.3) is 11.4 Å². The number of oxime groups is 1. The Labute approximate surface area is 130 Å². The summed E-state index contributed by atoms with van der Waals surface area (Å²) in [6.45, 7) is 3.81. The fourth-order valence-electron chi connectivity index (χ4n) is 2.38. The van der Waals surface area contributed by atoms with Crippen LogP contribution in [0.15, 0.2) is 22.1 Å². The first-order valence-electron chi connectivity index (χ1n) is 6.65. The van der Waals surface area contributed by atoms with Gasteiger partial charge in [-0.15, -0.1) is 14.9 Å². The molecular formula is C14H13ClN4O3. The molecule has 0 aliphatic carbocycles. The topological polar surface area (TPSA) is 89.6 Å². The van der Waals surface area contributed by atoms with Crippen LogP contribution in [0.2, 0.25) is 5.02 Å². The molecule has 1 aromatic carbocycles. The molecule has 0 radical (unpaired) electrons. The van der Waals surface area contributed by atoms with Crippen molar-refractivity contribution in [1.82, 2.24) is 14.9 Å². The summed E-state index contributed by atoms with van der Waals surface area (Å²) in [5, 5.41) is 22.2. The monoisotopic (exact) mass is 320 g/mol. The summed E-state index contributed by atoms with van der Waals surface area (Å²) in [5.74, 6) is 0.0607. The first-order chi connectivity index (χ1) is 10.5. The number of aryl methyl sites for hydroxylation is 1. The van der Waals surface area contributed by atoms with Crippen LogP contribution in [0.1, 0.15) is 23.2 Å². The number of halogens is 1. The maximum atomic E-state index is 11.8. The van der Waals surface area contributed by atoms with Crippen LogP contribution in [-0.2, 0) is 4.84 Å². The Hall–Kier alpha value is -2.41. The molecule has 0 saturated heterocycles. The summed E-state index contributed by atoms with van der Waals surface area (Å²) in [7, 11) is 0. The smallest absolute Gasteiger partial charge is 0.308 e. The largest absolute Gasteiger partial charge is 0.423 e. The Balaban J connectivity index is 2.23. The van der Waals surface area contributed by atoms with E-state index in [9.17, 15) is 10.0 Å². The number of aromatic nitrogens is 3. The minimum Gasteiger partial charge on any atom is -0.423 e. The predicted octanol–water partition coefficient (Wildman–Crippen LogP) is 1.94. The SMILES string of the molecule is Cc1c(-c2nnc(C)c(=O)n2O)ccc(Cl)c1C1=NOCC1. The number of hydrogen-bond acceptors (Lipinski definition) is 6. The van der Waals surface area contributed by atoms with Crippen molar-refractivity contribution in [3.05, 3.63) is 44.3 Å². The lowest BCUT2D eigenvalue weighted by atomic mass is 9.97. The molecule has 7 nitrogen and oxygen atoms in total. The minimum atomic E-state index is -0.609. The second kappa shape index (κ2) is 5.42. The lowest BCUT2D eigenvalue weighted by molar-refractivity contribution is 0.173. The third kappa shape index (κ3) is 2.23. The number of rotatable bonds is 2. The van der Waals surface area contributed by atoms with Gasteiger partial charge in [0, 0.05) is 17.5 Å². The van der Waals surface area contributed by atoms with E-state index in [2.05, 4.69) is 15.4 Å². The van der Waals surface area contributed by atoms with Crippen molar-refractivity contribution in [2.75, 3.05) is 6.61 Å². The van der Waals surface area contributed by atoms with Crippen LogP contribution in [0.3, 0.4) is 0 Å². The van der Waals surface area contributed by atoms with Crippen LogP contribution in [0, 0.1) is 13.8 Å². The van der Waals surface area contributed by atoms with Gasteiger partial charge in [0.1, 0.15) is 12.3 Å². The Kier molecular flexibility index (Phi) is 3.58. The van der Waals surface area contributed by atoms with Gasteiger partial charge in [-0.1, -0.05) is 16.8 Å². The summed E-state index contributed by atoms with van der Waals surface area (Å²) in [5.41, 5.74) is 2.27. The first-order valence-corrected chi connectivity index (χ1v) is 7.02. The van der Waals surface area contributed by atoms with Crippen LogP contribution in [0.4, 0.5) is 0 Å². The van der Waals surface area contributed by atoms with Gasteiger partial charge in [0.2, 0.25) is 5.82 Å². The summed E-state index contributed by atoms with van der Waals surface area (Å²) in [6, 6.07) is 3.36. The first kappa shape index (κ1) is 14.5. The summed E-state index contributed by atoms with van der Waals surface area (Å²) in [6.07, 6.45) is 0.648. The van der Waals surface area contributed by atoms with Gasteiger partial charge >= 0.3 is 5.56 Å². The lowest BCUT2D eigenvalue weighted by Crippen LogP contribution is -2.25. The molecule has 0 amide bonds. The maximum Gasteiger partial charge on any atom is 0.308 e. The van der Waals surface area contributed by atoms with Crippen LogP contribution < -0.4 is 5.56 Å². The van der Waals surface area contributed by atoms with E-state index in [1.807, 2.05) is 6.92 Å². The van der Waals surface area contributed by atoms with Crippen molar-refractivity contribution < 1.29 is 10.0 Å². The molecule has 3 rings (SSSR count). The number of benzene rings is 1. The van der Waals surface area contributed by atoms with Gasteiger partial charge in [-0.2, -0.15) is 0 Å². The molecule has 1 aliphatic rings. The zero-order chi connectivity index (χ0) is 15.9. The van der Waals surface area contributed by atoms with Crippen molar-refractivity contribution in [2.45, 2.75) is 20.3 Å². The Morgan fingerprint density at radius 1 is 1.32 bits per heavy atom. The standard InChI is InChI=1S/C14H13ClN4O3/c1-7-9(13-17-16-8(2)14(20)19(13)21)3-4-10(15)12(7)11-5-6-22-18-11/h3-4,21H,5-6H2,1-2H3. The molecule has 0 saturated carbocycles. The van der Waals surface area contributed by atoms with Crippen LogP contribution >= 0.6 is 11.6 Å². The highest BCUT2D eigenvalue weighted by atomic mass is 35.5. The normalized spacial score (nSPS) is 13.9. The fraction of sp³-hybridized carbons (Fsp3) is 0.286. The Bertz CT molecular complexity index is 845. The van der Waals surface area contributed by atoms with Crippen molar-refractivity contribution in [2.24, 2.45) is 5.16 Å². The van der Waals surface area contributed by atoms with Gasteiger partial charge in [0.05, 0.1) is 10.7 Å². The molecular weight excluding hydrogens is 308 g/mol. The third-order valence-electron chi connectivity index (χ3n) is 3.55. The predicted molar refractivity (Wildman–Crippen MR) is 80.5 cm³/mol.